The van der Waals surface area contributed by atoms with Gasteiger partial charge in [0.05, 0.1) is 12.8 Å². The second kappa shape index (κ2) is 4.70. The largest absolute Gasteiger partial charge is 0.494 e. The first kappa shape index (κ1) is 11.2. The van der Waals surface area contributed by atoms with E-state index >= 15 is 0 Å². The normalized spacial score (nSPS) is 20.9. The standard InChI is InChI=1S/C12H17FN2O/c1-9-8-15(6-5-14-9)11-4-3-10(13)7-12(11)16-2/h3-4,7,9,14H,5-6,8H2,1-2H3/t9-/m1/s1. The summed E-state index contributed by atoms with van der Waals surface area (Å²) in [6, 6.07) is 5.14. The van der Waals surface area contributed by atoms with Gasteiger partial charge < -0.3 is 15.0 Å². The van der Waals surface area contributed by atoms with E-state index in [0.717, 1.165) is 25.3 Å². The number of halogens is 1. The Kier molecular flexibility index (Phi) is 3.29. The van der Waals surface area contributed by atoms with Crippen molar-refractivity contribution in [2.24, 2.45) is 0 Å². The fraction of sp³-hybridized carbons (Fsp3) is 0.500. The van der Waals surface area contributed by atoms with Crippen LogP contribution in [-0.2, 0) is 0 Å². The molecular formula is C12H17FN2O. The van der Waals surface area contributed by atoms with E-state index in [1.807, 2.05) is 0 Å². The molecule has 4 heteroatoms. The molecule has 16 heavy (non-hydrogen) atoms. The summed E-state index contributed by atoms with van der Waals surface area (Å²) in [4.78, 5) is 2.22. The first-order chi connectivity index (χ1) is 7.70. The van der Waals surface area contributed by atoms with Crippen LogP contribution in [0.1, 0.15) is 6.92 Å². The van der Waals surface area contributed by atoms with Crippen LogP contribution in [0.5, 0.6) is 5.75 Å². The molecule has 0 aromatic heterocycles. The number of anilines is 1. The van der Waals surface area contributed by atoms with Crippen molar-refractivity contribution >= 4 is 5.69 Å². The summed E-state index contributed by atoms with van der Waals surface area (Å²) >= 11 is 0. The Labute approximate surface area is 95.2 Å². The zero-order chi connectivity index (χ0) is 11.5. The fourth-order valence-corrected chi connectivity index (χ4v) is 2.06. The van der Waals surface area contributed by atoms with Gasteiger partial charge in [-0.2, -0.15) is 0 Å². The minimum absolute atomic E-state index is 0.260. The summed E-state index contributed by atoms with van der Waals surface area (Å²) < 4.78 is 18.3. The van der Waals surface area contributed by atoms with E-state index < -0.39 is 0 Å². The summed E-state index contributed by atoms with van der Waals surface area (Å²) in [6.07, 6.45) is 0. The van der Waals surface area contributed by atoms with Gasteiger partial charge in [0.15, 0.2) is 0 Å². The van der Waals surface area contributed by atoms with E-state index in [1.165, 1.54) is 12.1 Å². The molecule has 1 fully saturated rings. The number of nitrogens with one attached hydrogen (secondary N) is 1. The average molecular weight is 224 g/mol. The number of hydrogen-bond donors (Lipinski definition) is 1. The van der Waals surface area contributed by atoms with Gasteiger partial charge in [-0.15, -0.1) is 0 Å². The van der Waals surface area contributed by atoms with Crippen LogP contribution in [-0.4, -0.2) is 32.8 Å². The molecule has 0 radical (unpaired) electrons. The third kappa shape index (κ3) is 2.27. The van der Waals surface area contributed by atoms with Crippen molar-refractivity contribution in [2.75, 3.05) is 31.6 Å². The number of rotatable bonds is 2. The van der Waals surface area contributed by atoms with Crippen LogP contribution >= 0.6 is 0 Å². The topological polar surface area (TPSA) is 24.5 Å². The molecule has 0 amide bonds. The van der Waals surface area contributed by atoms with Gasteiger partial charge in [0.2, 0.25) is 0 Å². The zero-order valence-electron chi connectivity index (χ0n) is 9.66. The smallest absolute Gasteiger partial charge is 0.145 e. The minimum Gasteiger partial charge on any atom is -0.494 e. The molecular weight excluding hydrogens is 207 g/mol. The molecule has 0 bridgehead atoms. The van der Waals surface area contributed by atoms with Crippen molar-refractivity contribution in [3.63, 3.8) is 0 Å². The third-order valence-electron chi connectivity index (χ3n) is 2.85. The summed E-state index contributed by atoms with van der Waals surface area (Å²) in [5.41, 5.74) is 0.970. The Morgan fingerprint density at radius 1 is 1.50 bits per heavy atom. The summed E-state index contributed by atoms with van der Waals surface area (Å²) in [6.45, 7) is 4.93. The van der Waals surface area contributed by atoms with Gasteiger partial charge in [0.1, 0.15) is 11.6 Å². The van der Waals surface area contributed by atoms with Crippen LogP contribution in [0.4, 0.5) is 10.1 Å². The second-order valence-corrected chi connectivity index (χ2v) is 4.12. The number of nitrogens with zero attached hydrogens (tertiary/aromatic N) is 1. The van der Waals surface area contributed by atoms with Gasteiger partial charge in [-0.05, 0) is 19.1 Å². The maximum Gasteiger partial charge on any atom is 0.145 e. The maximum absolute atomic E-state index is 13.1. The van der Waals surface area contributed by atoms with E-state index in [1.54, 1.807) is 13.2 Å². The molecule has 0 spiro atoms. The first-order valence-corrected chi connectivity index (χ1v) is 5.52. The highest BCUT2D eigenvalue weighted by Gasteiger charge is 2.18. The molecule has 1 N–H and O–H groups in total. The number of benzene rings is 1. The molecule has 3 nitrogen and oxygen atoms in total. The highest BCUT2D eigenvalue weighted by Crippen LogP contribution is 2.29. The van der Waals surface area contributed by atoms with Crippen LogP contribution < -0.4 is 15.0 Å². The highest BCUT2D eigenvalue weighted by atomic mass is 19.1. The Bertz CT molecular complexity index is 370. The van der Waals surface area contributed by atoms with Gasteiger partial charge in [-0.25, -0.2) is 4.39 Å². The second-order valence-electron chi connectivity index (χ2n) is 4.12. The van der Waals surface area contributed by atoms with Crippen LogP contribution in [0.2, 0.25) is 0 Å². The van der Waals surface area contributed by atoms with Gasteiger partial charge >= 0.3 is 0 Å². The monoisotopic (exact) mass is 224 g/mol. The highest BCUT2D eigenvalue weighted by molar-refractivity contribution is 5.59. The molecule has 1 aliphatic heterocycles. The first-order valence-electron chi connectivity index (χ1n) is 5.52. The van der Waals surface area contributed by atoms with Crippen molar-refractivity contribution in [3.8, 4) is 5.75 Å². The zero-order valence-corrected chi connectivity index (χ0v) is 9.66. The van der Waals surface area contributed by atoms with Crippen LogP contribution in [0.25, 0.3) is 0 Å². The van der Waals surface area contributed by atoms with Crippen molar-refractivity contribution in [3.05, 3.63) is 24.0 Å². The van der Waals surface area contributed by atoms with Gasteiger partial charge in [0, 0.05) is 31.7 Å². The van der Waals surface area contributed by atoms with Gasteiger partial charge in [0.25, 0.3) is 0 Å². The number of piperazine rings is 1. The molecule has 0 aliphatic carbocycles. The molecule has 1 saturated heterocycles. The Hall–Kier alpha value is -1.29. The lowest BCUT2D eigenvalue weighted by Gasteiger charge is -2.34. The van der Waals surface area contributed by atoms with Crippen molar-refractivity contribution in [2.45, 2.75) is 13.0 Å². The predicted molar refractivity (Wildman–Crippen MR) is 62.6 cm³/mol. The molecule has 1 atom stereocenters. The molecule has 1 aromatic carbocycles. The molecule has 0 unspecified atom stereocenters. The molecule has 1 heterocycles. The predicted octanol–water partition coefficient (Wildman–Crippen LogP) is 1.63. The third-order valence-corrected chi connectivity index (χ3v) is 2.85. The minimum atomic E-state index is -0.260. The molecule has 88 valence electrons. The molecule has 0 saturated carbocycles. The van der Waals surface area contributed by atoms with E-state index in [-0.39, 0.29) is 5.82 Å². The van der Waals surface area contributed by atoms with E-state index in [9.17, 15) is 4.39 Å². The van der Waals surface area contributed by atoms with Crippen molar-refractivity contribution < 1.29 is 9.13 Å². The van der Waals surface area contributed by atoms with Gasteiger partial charge in [-0.1, -0.05) is 0 Å². The molecule has 2 rings (SSSR count). The van der Waals surface area contributed by atoms with Crippen LogP contribution in [0.15, 0.2) is 18.2 Å². The van der Waals surface area contributed by atoms with Crippen LogP contribution in [0, 0.1) is 5.82 Å². The van der Waals surface area contributed by atoms with E-state index in [4.69, 9.17) is 4.74 Å². The number of methoxy groups -OCH3 is 1. The Balaban J connectivity index is 2.24. The number of ether oxygens (including phenoxy) is 1. The molecule has 1 aromatic rings. The lowest BCUT2D eigenvalue weighted by Crippen LogP contribution is -2.49. The summed E-state index contributed by atoms with van der Waals surface area (Å²) in [7, 11) is 1.57. The summed E-state index contributed by atoms with van der Waals surface area (Å²) in [5, 5.41) is 3.37. The lowest BCUT2D eigenvalue weighted by molar-refractivity contribution is 0.406. The fourth-order valence-electron chi connectivity index (χ4n) is 2.06. The molecule has 1 aliphatic rings. The van der Waals surface area contributed by atoms with E-state index in [0.29, 0.717) is 11.8 Å². The van der Waals surface area contributed by atoms with E-state index in [2.05, 4.69) is 17.1 Å². The number of hydrogen-bond acceptors (Lipinski definition) is 3. The maximum atomic E-state index is 13.1. The average Bonchev–Trinajstić information content (AvgIpc) is 2.28. The SMILES string of the molecule is COc1cc(F)ccc1N1CCN[C@H](C)C1. The summed E-state index contributed by atoms with van der Waals surface area (Å²) in [5.74, 6) is 0.345. The Morgan fingerprint density at radius 3 is 3.00 bits per heavy atom. The Morgan fingerprint density at radius 2 is 2.31 bits per heavy atom. The van der Waals surface area contributed by atoms with Crippen LogP contribution in [0.3, 0.4) is 0 Å². The van der Waals surface area contributed by atoms with Crippen molar-refractivity contribution in [1.29, 1.82) is 0 Å². The van der Waals surface area contributed by atoms with Crippen molar-refractivity contribution in [1.82, 2.24) is 5.32 Å². The quantitative estimate of drug-likeness (QED) is 0.826. The van der Waals surface area contributed by atoms with Gasteiger partial charge in [-0.3, -0.25) is 0 Å². The lowest BCUT2D eigenvalue weighted by atomic mass is 10.2.